The summed E-state index contributed by atoms with van der Waals surface area (Å²) in [5, 5.41) is 3.18. The summed E-state index contributed by atoms with van der Waals surface area (Å²) in [6, 6.07) is 0. The maximum absolute atomic E-state index is 12.4. The molecule has 1 aliphatic carbocycles. The first-order valence-corrected chi connectivity index (χ1v) is 3.69. The van der Waals surface area contributed by atoms with Gasteiger partial charge in [0.05, 0.1) is 5.82 Å². The minimum atomic E-state index is -2.52. The van der Waals surface area contributed by atoms with E-state index in [0.29, 0.717) is 12.8 Å². The Labute approximate surface area is 126 Å². The van der Waals surface area contributed by atoms with Crippen LogP contribution in [0, 0.1) is 0 Å². The molecule has 0 unspecified atom stereocenters. The maximum Gasteiger partial charge on any atom is 1.00 e. The molecule has 0 radical (unpaired) electrons. The second-order valence-electron chi connectivity index (χ2n) is 2.98. The fourth-order valence-corrected chi connectivity index (χ4v) is 1.13. The number of nitrogens with zero attached hydrogens (tertiary/aromatic N) is 2. The Bertz CT molecular complexity index is 341. The van der Waals surface area contributed by atoms with Crippen LogP contribution in [0.2, 0.25) is 0 Å². The van der Waals surface area contributed by atoms with Gasteiger partial charge < -0.3 is 14.8 Å². The molecule has 8 heteroatoms. The summed E-state index contributed by atoms with van der Waals surface area (Å²) in [7, 11) is 0. The first-order chi connectivity index (χ1) is 6.19. The normalized spacial score (nSPS) is 16.5. The summed E-state index contributed by atoms with van der Waals surface area (Å²) >= 11 is 0. The molecule has 0 aromatic carbocycles. The van der Waals surface area contributed by atoms with Crippen molar-refractivity contribution in [3.05, 3.63) is 11.7 Å². The molecule has 1 aliphatic rings. The van der Waals surface area contributed by atoms with Crippen LogP contribution in [0.5, 0.6) is 0 Å². The SMILES string of the molecule is O=[C-]c1noc(C2(C(F)F)CC2)n1.[K+].[OH-]. The molecule has 1 saturated carbocycles. The molecule has 5 nitrogen and oxygen atoms in total. The Morgan fingerprint density at radius 2 is 2.07 bits per heavy atom. The van der Waals surface area contributed by atoms with Gasteiger partial charge in [-0.25, -0.2) is 13.8 Å². The first-order valence-electron chi connectivity index (χ1n) is 3.69. The van der Waals surface area contributed by atoms with E-state index in [-0.39, 0.29) is 68.6 Å². The van der Waals surface area contributed by atoms with Crippen molar-refractivity contribution in [3.63, 3.8) is 0 Å². The third-order valence-electron chi connectivity index (χ3n) is 2.15. The van der Waals surface area contributed by atoms with E-state index in [1.807, 2.05) is 0 Å². The van der Waals surface area contributed by atoms with Crippen LogP contribution in [0.3, 0.4) is 0 Å². The Kier molecular flexibility index (Phi) is 5.65. The summed E-state index contributed by atoms with van der Waals surface area (Å²) in [5.41, 5.74) is -1.29. The second-order valence-corrected chi connectivity index (χ2v) is 2.98. The van der Waals surface area contributed by atoms with E-state index in [9.17, 15) is 13.6 Å². The zero-order chi connectivity index (χ0) is 9.47. The Hall–Kier alpha value is 0.266. The first kappa shape index (κ1) is 15.3. The molecule has 1 aromatic rings. The van der Waals surface area contributed by atoms with Crippen molar-refractivity contribution < 1.29 is 75.0 Å². The number of rotatable bonds is 3. The minimum absolute atomic E-state index is 0. The average Bonchev–Trinajstić information content (AvgIpc) is 2.79. The third-order valence-corrected chi connectivity index (χ3v) is 2.15. The zero-order valence-corrected chi connectivity index (χ0v) is 11.0. The van der Waals surface area contributed by atoms with Crippen LogP contribution in [-0.2, 0) is 10.2 Å². The smallest absolute Gasteiger partial charge is 0.870 e. The average molecular weight is 243 g/mol. The van der Waals surface area contributed by atoms with Gasteiger partial charge >= 0.3 is 51.4 Å². The van der Waals surface area contributed by atoms with Gasteiger partial charge in [-0.1, -0.05) is 5.16 Å². The quantitative estimate of drug-likeness (QED) is 0.438. The van der Waals surface area contributed by atoms with Gasteiger partial charge in [-0.05, 0) is 12.8 Å². The minimum Gasteiger partial charge on any atom is -0.870 e. The number of hydrogen-bond donors (Lipinski definition) is 0. The van der Waals surface area contributed by atoms with E-state index in [2.05, 4.69) is 14.7 Å². The molecule has 1 heterocycles. The monoisotopic (exact) mass is 243 g/mol. The summed E-state index contributed by atoms with van der Waals surface area (Å²) in [6.45, 7) is 0. The van der Waals surface area contributed by atoms with Crippen molar-refractivity contribution in [1.82, 2.24) is 10.1 Å². The fourth-order valence-electron chi connectivity index (χ4n) is 1.13. The van der Waals surface area contributed by atoms with Crippen molar-refractivity contribution in [2.75, 3.05) is 0 Å². The second kappa shape index (κ2) is 5.55. The molecule has 0 aliphatic heterocycles. The standard InChI is InChI=1S/C7H5F2N2O2.K.H2O/c8-5(9)7(1-2-7)6-10-4(3-12)11-13-6;;/h5H,1-2H2;;1H2/q-1;+1;/p-1. The Balaban J connectivity index is 0.000000980. The van der Waals surface area contributed by atoms with Gasteiger partial charge in [0.1, 0.15) is 5.41 Å². The van der Waals surface area contributed by atoms with Crippen molar-refractivity contribution in [2.45, 2.75) is 24.7 Å². The van der Waals surface area contributed by atoms with Gasteiger partial charge in [0.25, 0.3) is 6.43 Å². The summed E-state index contributed by atoms with van der Waals surface area (Å²) in [6.07, 6.45) is -0.496. The van der Waals surface area contributed by atoms with E-state index in [1.54, 1.807) is 0 Å². The summed E-state index contributed by atoms with van der Waals surface area (Å²) in [4.78, 5) is 13.5. The number of carbonyl (C=O) groups excluding carboxylic acids is 1. The maximum atomic E-state index is 12.4. The van der Waals surface area contributed by atoms with E-state index >= 15 is 0 Å². The van der Waals surface area contributed by atoms with Crippen LogP contribution in [-0.4, -0.2) is 28.3 Å². The van der Waals surface area contributed by atoms with Crippen LogP contribution in [0.4, 0.5) is 8.78 Å². The third kappa shape index (κ3) is 2.69. The van der Waals surface area contributed by atoms with Gasteiger partial charge in [-0.2, -0.15) is 6.29 Å². The molecule has 1 aromatic heterocycles. The molecule has 0 amide bonds. The number of aromatic nitrogens is 2. The Morgan fingerprint density at radius 1 is 1.47 bits per heavy atom. The van der Waals surface area contributed by atoms with Crippen LogP contribution in [0.1, 0.15) is 24.6 Å². The molecule has 0 bridgehead atoms. The zero-order valence-electron chi connectivity index (χ0n) is 7.91. The van der Waals surface area contributed by atoms with E-state index in [1.165, 1.54) is 6.29 Å². The van der Waals surface area contributed by atoms with Crippen molar-refractivity contribution in [3.8, 4) is 0 Å². The topological polar surface area (TPSA) is 86.0 Å². The van der Waals surface area contributed by atoms with E-state index in [0.717, 1.165) is 0 Å². The van der Waals surface area contributed by atoms with Crippen molar-refractivity contribution in [1.29, 1.82) is 0 Å². The van der Waals surface area contributed by atoms with Gasteiger partial charge in [-0.3, -0.25) is 0 Å². The van der Waals surface area contributed by atoms with Gasteiger partial charge in [0.2, 0.25) is 5.89 Å². The predicted molar refractivity (Wildman–Crippen MR) is 37.9 cm³/mol. The molecule has 2 rings (SSSR count). The van der Waals surface area contributed by atoms with E-state index < -0.39 is 11.8 Å². The summed E-state index contributed by atoms with van der Waals surface area (Å²) in [5.74, 6) is -0.456. The van der Waals surface area contributed by atoms with Crippen molar-refractivity contribution in [2.24, 2.45) is 0 Å². The fraction of sp³-hybridized carbons (Fsp3) is 0.571. The van der Waals surface area contributed by atoms with Crippen LogP contribution in [0.15, 0.2) is 4.52 Å². The molecular formula is C7H6F2KN2O3-. The molecule has 15 heavy (non-hydrogen) atoms. The van der Waals surface area contributed by atoms with Gasteiger partial charge in [-0.15, -0.1) is 0 Å². The number of hydrogen-bond acceptors (Lipinski definition) is 5. The molecule has 1 fully saturated rings. The van der Waals surface area contributed by atoms with Crippen LogP contribution < -0.4 is 51.4 Å². The van der Waals surface area contributed by atoms with Gasteiger partial charge in [0.15, 0.2) is 0 Å². The number of halogens is 2. The molecule has 0 spiro atoms. The van der Waals surface area contributed by atoms with Crippen LogP contribution in [0.25, 0.3) is 0 Å². The van der Waals surface area contributed by atoms with Crippen LogP contribution >= 0.6 is 0 Å². The van der Waals surface area contributed by atoms with Crippen molar-refractivity contribution >= 4 is 6.29 Å². The predicted octanol–water partition coefficient (Wildman–Crippen LogP) is -2.35. The van der Waals surface area contributed by atoms with E-state index in [4.69, 9.17) is 0 Å². The molecule has 78 valence electrons. The molecule has 1 N–H and O–H groups in total. The summed E-state index contributed by atoms with van der Waals surface area (Å²) < 4.78 is 29.4. The molecule has 0 saturated heterocycles. The largest absolute Gasteiger partial charge is 1.00 e. The number of alkyl halides is 2. The Morgan fingerprint density at radius 3 is 2.40 bits per heavy atom. The molecular weight excluding hydrogens is 237 g/mol. The van der Waals surface area contributed by atoms with Gasteiger partial charge in [0, 0.05) is 0 Å². The molecule has 0 atom stereocenters.